The zero-order chi connectivity index (χ0) is 19.5. The molecule has 3 rings (SSSR count). The summed E-state index contributed by atoms with van der Waals surface area (Å²) in [6.45, 7) is 10.6. The Labute approximate surface area is 157 Å². The van der Waals surface area contributed by atoms with Crippen molar-refractivity contribution in [1.82, 2.24) is 0 Å². The van der Waals surface area contributed by atoms with Crippen molar-refractivity contribution in [2.45, 2.75) is 96.6 Å². The summed E-state index contributed by atoms with van der Waals surface area (Å²) in [6.07, 6.45) is 3.36. The van der Waals surface area contributed by atoms with E-state index in [1.165, 1.54) is 7.11 Å². The van der Waals surface area contributed by atoms with Crippen LogP contribution in [0, 0.1) is 22.7 Å². The summed E-state index contributed by atoms with van der Waals surface area (Å²) in [5, 5.41) is 21.6. The third kappa shape index (κ3) is 2.65. The maximum Gasteiger partial charge on any atom is 0.308 e. The van der Waals surface area contributed by atoms with Crippen LogP contribution in [0.25, 0.3) is 0 Å². The SMILES string of the molecule is COC(=O)C[C@@]1(C)CC[C@]2(O1)[C@@H](C)[C@@H](O)C[C@@H]1C(C)(C)[C@H](O)CC[C@]12C. The molecule has 26 heavy (non-hydrogen) atoms. The van der Waals surface area contributed by atoms with Crippen LogP contribution in [-0.2, 0) is 14.3 Å². The number of rotatable bonds is 2. The highest BCUT2D eigenvalue weighted by molar-refractivity contribution is 5.70. The van der Waals surface area contributed by atoms with Gasteiger partial charge in [0.2, 0.25) is 0 Å². The highest BCUT2D eigenvalue weighted by Gasteiger charge is 2.69. The molecule has 1 heterocycles. The number of esters is 1. The van der Waals surface area contributed by atoms with Crippen molar-refractivity contribution >= 4 is 5.97 Å². The Morgan fingerprint density at radius 2 is 1.81 bits per heavy atom. The molecular formula is C21H36O5. The van der Waals surface area contributed by atoms with Gasteiger partial charge in [-0.15, -0.1) is 0 Å². The predicted molar refractivity (Wildman–Crippen MR) is 98.5 cm³/mol. The molecular weight excluding hydrogens is 332 g/mol. The van der Waals surface area contributed by atoms with Gasteiger partial charge in [0.15, 0.2) is 0 Å². The van der Waals surface area contributed by atoms with Crippen molar-refractivity contribution in [2.75, 3.05) is 7.11 Å². The van der Waals surface area contributed by atoms with Crippen molar-refractivity contribution in [1.29, 1.82) is 0 Å². The first-order chi connectivity index (χ1) is 11.9. The topological polar surface area (TPSA) is 76.0 Å². The summed E-state index contributed by atoms with van der Waals surface area (Å²) in [5.41, 5.74) is -1.45. The largest absolute Gasteiger partial charge is 0.469 e. The minimum atomic E-state index is -0.563. The zero-order valence-electron chi connectivity index (χ0n) is 17.2. The van der Waals surface area contributed by atoms with E-state index in [1.807, 2.05) is 6.92 Å². The van der Waals surface area contributed by atoms with Crippen LogP contribution in [0.1, 0.15) is 73.1 Å². The molecule has 5 heteroatoms. The lowest BCUT2D eigenvalue weighted by Gasteiger charge is -2.65. The molecule has 0 aromatic heterocycles. The summed E-state index contributed by atoms with van der Waals surface area (Å²) >= 11 is 0. The Balaban J connectivity index is 2.01. The minimum Gasteiger partial charge on any atom is -0.469 e. The van der Waals surface area contributed by atoms with Crippen molar-refractivity contribution in [3.8, 4) is 0 Å². The number of methoxy groups -OCH3 is 1. The van der Waals surface area contributed by atoms with Gasteiger partial charge in [-0.3, -0.25) is 4.79 Å². The van der Waals surface area contributed by atoms with Crippen LogP contribution in [-0.4, -0.2) is 46.7 Å². The standard InChI is InChI=1S/C21H36O5/c1-13-14(22)11-15-18(2,3)16(23)7-8-20(15,5)21(13)10-9-19(4,26-21)12-17(24)25-6/h13-16,22-23H,7-12H2,1-6H3/t13-,14-,15+,16+,19+,20+,21-/m0/s1. The molecule has 1 saturated heterocycles. The summed E-state index contributed by atoms with van der Waals surface area (Å²) in [4.78, 5) is 11.9. The normalized spacial score (nSPS) is 50.5. The Morgan fingerprint density at radius 3 is 2.42 bits per heavy atom. The first kappa shape index (κ1) is 20.1. The highest BCUT2D eigenvalue weighted by atomic mass is 16.5. The van der Waals surface area contributed by atoms with Gasteiger partial charge in [0, 0.05) is 11.3 Å². The van der Waals surface area contributed by atoms with E-state index in [1.54, 1.807) is 0 Å². The fraction of sp³-hybridized carbons (Fsp3) is 0.952. The molecule has 0 amide bonds. The average molecular weight is 369 g/mol. The molecule has 150 valence electrons. The molecule has 3 aliphatic rings. The smallest absolute Gasteiger partial charge is 0.308 e. The Morgan fingerprint density at radius 1 is 1.15 bits per heavy atom. The zero-order valence-corrected chi connectivity index (χ0v) is 17.2. The van der Waals surface area contributed by atoms with E-state index in [0.717, 1.165) is 25.7 Å². The van der Waals surface area contributed by atoms with Crippen LogP contribution in [0.2, 0.25) is 0 Å². The van der Waals surface area contributed by atoms with E-state index in [2.05, 4.69) is 27.7 Å². The Kier molecular flexibility index (Phi) is 4.78. The molecule has 0 aromatic carbocycles. The van der Waals surface area contributed by atoms with E-state index < -0.39 is 17.3 Å². The van der Waals surface area contributed by atoms with Crippen LogP contribution < -0.4 is 0 Å². The molecule has 1 spiro atoms. The molecule has 3 fully saturated rings. The summed E-state index contributed by atoms with van der Waals surface area (Å²) in [5.74, 6) is -0.0886. The lowest BCUT2D eigenvalue weighted by Crippen LogP contribution is -2.68. The van der Waals surface area contributed by atoms with Crippen molar-refractivity contribution in [3.63, 3.8) is 0 Å². The number of aliphatic hydroxyl groups excluding tert-OH is 2. The number of carbonyl (C=O) groups excluding carboxylic acids is 1. The van der Waals surface area contributed by atoms with E-state index in [-0.39, 0.29) is 41.2 Å². The maximum absolute atomic E-state index is 11.9. The van der Waals surface area contributed by atoms with Gasteiger partial charge in [-0.05, 0) is 50.4 Å². The lowest BCUT2D eigenvalue weighted by atomic mass is 9.43. The van der Waals surface area contributed by atoms with Gasteiger partial charge in [0.1, 0.15) is 0 Å². The van der Waals surface area contributed by atoms with Crippen LogP contribution >= 0.6 is 0 Å². The molecule has 0 radical (unpaired) electrons. The maximum atomic E-state index is 11.9. The number of hydrogen-bond donors (Lipinski definition) is 2. The van der Waals surface area contributed by atoms with Crippen LogP contribution in [0.3, 0.4) is 0 Å². The predicted octanol–water partition coefficient (Wildman–Crippen LogP) is 3.06. The summed E-state index contributed by atoms with van der Waals surface area (Å²) < 4.78 is 11.7. The van der Waals surface area contributed by atoms with Gasteiger partial charge in [0.25, 0.3) is 0 Å². The highest BCUT2D eigenvalue weighted by Crippen LogP contribution is 2.67. The minimum absolute atomic E-state index is 0.00531. The number of hydrogen-bond acceptors (Lipinski definition) is 5. The molecule has 1 aliphatic heterocycles. The molecule has 5 nitrogen and oxygen atoms in total. The number of fused-ring (bicyclic) bond motifs is 2. The van der Waals surface area contributed by atoms with Crippen LogP contribution in [0.4, 0.5) is 0 Å². The van der Waals surface area contributed by atoms with E-state index in [4.69, 9.17) is 9.47 Å². The van der Waals surface area contributed by atoms with E-state index >= 15 is 0 Å². The summed E-state index contributed by atoms with van der Waals surface area (Å²) in [7, 11) is 1.41. The second kappa shape index (κ2) is 6.18. The van der Waals surface area contributed by atoms with Gasteiger partial charge in [-0.2, -0.15) is 0 Å². The molecule has 7 atom stereocenters. The number of aliphatic hydroxyl groups is 2. The lowest BCUT2D eigenvalue weighted by molar-refractivity contribution is -0.278. The molecule has 0 unspecified atom stereocenters. The first-order valence-corrected chi connectivity index (χ1v) is 10.0. The van der Waals surface area contributed by atoms with E-state index in [9.17, 15) is 15.0 Å². The van der Waals surface area contributed by atoms with Gasteiger partial charge >= 0.3 is 5.97 Å². The van der Waals surface area contributed by atoms with Gasteiger partial charge in [-0.25, -0.2) is 0 Å². The van der Waals surface area contributed by atoms with Gasteiger partial charge in [0.05, 0.1) is 36.9 Å². The first-order valence-electron chi connectivity index (χ1n) is 10.0. The van der Waals surface area contributed by atoms with Crippen molar-refractivity contribution in [2.24, 2.45) is 22.7 Å². The molecule has 2 N–H and O–H groups in total. The Bertz CT molecular complexity index is 575. The average Bonchev–Trinajstić information content (AvgIpc) is 2.92. The van der Waals surface area contributed by atoms with Crippen molar-refractivity contribution in [3.05, 3.63) is 0 Å². The molecule has 0 bridgehead atoms. The molecule has 2 aliphatic carbocycles. The number of carbonyl (C=O) groups is 1. The molecule has 2 saturated carbocycles. The van der Waals surface area contributed by atoms with Crippen molar-refractivity contribution < 1.29 is 24.5 Å². The van der Waals surface area contributed by atoms with Gasteiger partial charge < -0.3 is 19.7 Å². The van der Waals surface area contributed by atoms with Crippen LogP contribution in [0.5, 0.6) is 0 Å². The van der Waals surface area contributed by atoms with E-state index in [0.29, 0.717) is 6.42 Å². The fourth-order valence-corrected chi connectivity index (χ4v) is 6.60. The third-order valence-corrected chi connectivity index (χ3v) is 8.42. The Hall–Kier alpha value is -0.650. The number of ether oxygens (including phenoxy) is 2. The monoisotopic (exact) mass is 368 g/mol. The fourth-order valence-electron chi connectivity index (χ4n) is 6.60. The quantitative estimate of drug-likeness (QED) is 0.733. The summed E-state index contributed by atoms with van der Waals surface area (Å²) in [6, 6.07) is 0. The molecule has 0 aromatic rings. The second-order valence-corrected chi connectivity index (χ2v) is 10.1. The van der Waals surface area contributed by atoms with Crippen LogP contribution in [0.15, 0.2) is 0 Å². The van der Waals surface area contributed by atoms with Gasteiger partial charge in [-0.1, -0.05) is 27.7 Å². The second-order valence-electron chi connectivity index (χ2n) is 10.1. The third-order valence-electron chi connectivity index (χ3n) is 8.42.